The van der Waals surface area contributed by atoms with Crippen LogP contribution in [0.25, 0.3) is 10.2 Å². The minimum Gasteiger partial charge on any atom is -0.480 e. The van der Waals surface area contributed by atoms with Gasteiger partial charge in [0.15, 0.2) is 0 Å². The third-order valence-corrected chi connectivity index (χ3v) is 4.47. The third-order valence-electron chi connectivity index (χ3n) is 2.39. The molecular weight excluding hydrogens is 334 g/mol. The number of rotatable bonds is 4. The molecule has 0 saturated heterocycles. The Labute approximate surface area is 120 Å². The predicted molar refractivity (Wildman–Crippen MR) is 75.3 cm³/mol. The van der Waals surface area contributed by atoms with Crippen LogP contribution in [0.4, 0.5) is 0 Å². The number of carboxylic acids is 1. The lowest BCUT2D eigenvalue weighted by molar-refractivity contribution is -0.138. The maximum atomic E-state index is 11.9. The molecule has 6 nitrogen and oxygen atoms in total. The van der Waals surface area contributed by atoms with Crippen molar-refractivity contribution in [2.75, 3.05) is 6.54 Å². The molecule has 100 valence electrons. The monoisotopic (exact) mass is 343 g/mol. The Bertz CT molecular complexity index is 643. The molecule has 0 saturated carbocycles. The van der Waals surface area contributed by atoms with Gasteiger partial charge in [0.05, 0.1) is 15.1 Å². The van der Waals surface area contributed by atoms with E-state index < -0.39 is 12.0 Å². The molecule has 8 heteroatoms. The second kappa shape index (κ2) is 5.64. The Hall–Kier alpha value is -1.51. The Morgan fingerprint density at radius 3 is 2.95 bits per heavy atom. The van der Waals surface area contributed by atoms with Crippen molar-refractivity contribution < 1.29 is 14.7 Å². The fourth-order valence-electron chi connectivity index (χ4n) is 1.40. The number of nitrogens with zero attached hydrogens (tertiary/aromatic N) is 1. The van der Waals surface area contributed by atoms with Crippen LogP contribution in [0.15, 0.2) is 22.8 Å². The van der Waals surface area contributed by atoms with E-state index in [1.807, 2.05) is 0 Å². The summed E-state index contributed by atoms with van der Waals surface area (Å²) in [7, 11) is 0. The molecule has 0 aliphatic rings. The molecule has 2 rings (SSSR count). The third kappa shape index (κ3) is 3.09. The van der Waals surface area contributed by atoms with Gasteiger partial charge in [-0.15, -0.1) is 11.3 Å². The number of halogens is 1. The highest BCUT2D eigenvalue weighted by molar-refractivity contribution is 9.10. The molecule has 0 fully saturated rings. The first kappa shape index (κ1) is 13.9. The quantitative estimate of drug-likeness (QED) is 0.773. The first-order valence-corrected chi connectivity index (χ1v) is 6.90. The standard InChI is InChI=1S/C11H10BrN3O3S/c12-5-1-2-14-7-3-8(19-9(5)7)10(16)15-4-6(13)11(17)18/h1-3,6H,4,13H2,(H,15,16)(H,17,18). The summed E-state index contributed by atoms with van der Waals surface area (Å²) >= 11 is 4.66. The fraction of sp³-hybridized carbons (Fsp3) is 0.182. The summed E-state index contributed by atoms with van der Waals surface area (Å²) in [6.45, 7) is -0.114. The van der Waals surface area contributed by atoms with E-state index in [1.54, 1.807) is 18.3 Å². The lowest BCUT2D eigenvalue weighted by Crippen LogP contribution is -2.42. The van der Waals surface area contributed by atoms with E-state index >= 15 is 0 Å². The molecule has 0 bridgehead atoms. The number of hydrogen-bond acceptors (Lipinski definition) is 5. The van der Waals surface area contributed by atoms with Gasteiger partial charge >= 0.3 is 5.97 Å². The lowest BCUT2D eigenvalue weighted by Gasteiger charge is -2.06. The summed E-state index contributed by atoms with van der Waals surface area (Å²) in [5.74, 6) is -1.51. The number of pyridine rings is 1. The number of aliphatic carboxylic acids is 1. The Morgan fingerprint density at radius 2 is 2.32 bits per heavy atom. The van der Waals surface area contributed by atoms with Crippen LogP contribution in [0, 0.1) is 0 Å². The minimum atomic E-state index is -1.15. The molecule has 2 aromatic heterocycles. The number of nitrogens with one attached hydrogen (secondary N) is 1. The van der Waals surface area contributed by atoms with Gasteiger partial charge in [0.2, 0.25) is 0 Å². The highest BCUT2D eigenvalue weighted by Gasteiger charge is 2.16. The summed E-state index contributed by atoms with van der Waals surface area (Å²) in [5, 5.41) is 11.1. The second-order valence-electron chi connectivity index (χ2n) is 3.77. The summed E-state index contributed by atoms with van der Waals surface area (Å²) in [5.41, 5.74) is 6.03. The Morgan fingerprint density at radius 1 is 1.58 bits per heavy atom. The minimum absolute atomic E-state index is 0.114. The average Bonchev–Trinajstić information content (AvgIpc) is 2.80. The van der Waals surface area contributed by atoms with Gasteiger partial charge in [-0.3, -0.25) is 14.6 Å². The van der Waals surface area contributed by atoms with Crippen LogP contribution in [0.1, 0.15) is 9.67 Å². The van der Waals surface area contributed by atoms with Gasteiger partial charge in [-0.2, -0.15) is 0 Å². The van der Waals surface area contributed by atoms with Crippen molar-refractivity contribution in [3.05, 3.63) is 27.7 Å². The first-order chi connectivity index (χ1) is 8.99. The Balaban J connectivity index is 2.14. The van der Waals surface area contributed by atoms with Gasteiger partial charge in [-0.1, -0.05) is 0 Å². The van der Waals surface area contributed by atoms with Crippen LogP contribution < -0.4 is 11.1 Å². The van der Waals surface area contributed by atoms with Crippen molar-refractivity contribution in [1.82, 2.24) is 10.3 Å². The molecule has 0 aliphatic carbocycles. The summed E-state index contributed by atoms with van der Waals surface area (Å²) in [4.78, 5) is 27.0. The van der Waals surface area contributed by atoms with Crippen molar-refractivity contribution in [3.8, 4) is 0 Å². The number of thiophene rings is 1. The fourth-order valence-corrected chi connectivity index (χ4v) is 2.90. The van der Waals surface area contributed by atoms with Gasteiger partial charge in [0.25, 0.3) is 5.91 Å². The first-order valence-electron chi connectivity index (χ1n) is 5.29. The van der Waals surface area contributed by atoms with E-state index in [1.165, 1.54) is 11.3 Å². The summed E-state index contributed by atoms with van der Waals surface area (Å²) in [6, 6.07) is 2.34. The molecule has 2 heterocycles. The maximum absolute atomic E-state index is 11.9. The van der Waals surface area contributed by atoms with Crippen LogP contribution in [0.3, 0.4) is 0 Å². The molecule has 19 heavy (non-hydrogen) atoms. The highest BCUT2D eigenvalue weighted by Crippen LogP contribution is 2.30. The number of hydrogen-bond donors (Lipinski definition) is 3. The van der Waals surface area contributed by atoms with Crippen molar-refractivity contribution >= 4 is 49.4 Å². The number of carboxylic acid groups (broad SMARTS) is 1. The number of nitrogens with two attached hydrogens (primary N) is 1. The van der Waals surface area contributed by atoms with Crippen molar-refractivity contribution in [2.45, 2.75) is 6.04 Å². The maximum Gasteiger partial charge on any atom is 0.322 e. The molecule has 1 unspecified atom stereocenters. The van der Waals surface area contributed by atoms with Gasteiger partial charge in [0, 0.05) is 17.2 Å². The topological polar surface area (TPSA) is 105 Å². The van der Waals surface area contributed by atoms with Crippen LogP contribution >= 0.6 is 27.3 Å². The molecule has 1 amide bonds. The van der Waals surface area contributed by atoms with E-state index in [9.17, 15) is 9.59 Å². The molecule has 0 radical (unpaired) electrons. The molecule has 4 N–H and O–H groups in total. The van der Waals surface area contributed by atoms with Gasteiger partial charge < -0.3 is 16.2 Å². The highest BCUT2D eigenvalue weighted by atomic mass is 79.9. The van der Waals surface area contributed by atoms with Crippen molar-refractivity contribution in [2.24, 2.45) is 5.73 Å². The van der Waals surface area contributed by atoms with Crippen LogP contribution in [-0.4, -0.2) is 34.6 Å². The zero-order valence-corrected chi connectivity index (χ0v) is 12.0. The zero-order chi connectivity index (χ0) is 14.0. The SMILES string of the molecule is NC(CNC(=O)c1cc2nccc(Br)c2s1)C(=O)O. The lowest BCUT2D eigenvalue weighted by atomic mass is 10.3. The van der Waals surface area contributed by atoms with E-state index in [0.29, 0.717) is 10.4 Å². The van der Waals surface area contributed by atoms with Gasteiger partial charge in [0.1, 0.15) is 6.04 Å². The van der Waals surface area contributed by atoms with Crippen LogP contribution in [0.5, 0.6) is 0 Å². The van der Waals surface area contributed by atoms with E-state index in [0.717, 1.165) is 9.17 Å². The van der Waals surface area contributed by atoms with E-state index in [4.69, 9.17) is 10.8 Å². The summed E-state index contributed by atoms with van der Waals surface area (Å²) < 4.78 is 1.74. The Kier molecular flexibility index (Phi) is 4.13. The number of amides is 1. The smallest absolute Gasteiger partial charge is 0.322 e. The molecule has 2 aromatic rings. The zero-order valence-electron chi connectivity index (χ0n) is 9.59. The number of carbonyl (C=O) groups is 2. The molecule has 0 aromatic carbocycles. The number of aromatic nitrogens is 1. The van der Waals surface area contributed by atoms with E-state index in [-0.39, 0.29) is 12.5 Å². The molecule has 0 spiro atoms. The number of fused-ring (bicyclic) bond motifs is 1. The van der Waals surface area contributed by atoms with Crippen LogP contribution in [0.2, 0.25) is 0 Å². The number of carbonyl (C=O) groups excluding carboxylic acids is 1. The van der Waals surface area contributed by atoms with Crippen LogP contribution in [-0.2, 0) is 4.79 Å². The largest absolute Gasteiger partial charge is 0.480 e. The molecule has 0 aliphatic heterocycles. The van der Waals surface area contributed by atoms with Crippen molar-refractivity contribution in [3.63, 3.8) is 0 Å². The van der Waals surface area contributed by atoms with Gasteiger partial charge in [-0.05, 0) is 28.1 Å². The second-order valence-corrected chi connectivity index (χ2v) is 5.68. The average molecular weight is 344 g/mol. The van der Waals surface area contributed by atoms with E-state index in [2.05, 4.69) is 26.2 Å². The normalized spacial score (nSPS) is 12.3. The molecular formula is C11H10BrN3O3S. The summed E-state index contributed by atoms with van der Waals surface area (Å²) in [6.07, 6.45) is 1.64. The predicted octanol–water partition coefficient (Wildman–Crippen LogP) is 1.20. The molecule has 1 atom stereocenters. The van der Waals surface area contributed by atoms with Crippen molar-refractivity contribution in [1.29, 1.82) is 0 Å². The van der Waals surface area contributed by atoms with Gasteiger partial charge in [-0.25, -0.2) is 0 Å².